The molecular formula is C16H19FN2. The summed E-state index contributed by atoms with van der Waals surface area (Å²) in [5.74, 6) is -0.149. The first-order chi connectivity index (χ1) is 9.22. The van der Waals surface area contributed by atoms with Crippen LogP contribution >= 0.6 is 0 Å². The first kappa shape index (κ1) is 13.7. The Morgan fingerprint density at radius 2 is 1.84 bits per heavy atom. The summed E-state index contributed by atoms with van der Waals surface area (Å²) in [5, 5.41) is 3.47. The third-order valence-corrected chi connectivity index (χ3v) is 3.35. The quantitative estimate of drug-likeness (QED) is 0.876. The third-order valence-electron chi connectivity index (χ3n) is 3.35. The second kappa shape index (κ2) is 6.43. The van der Waals surface area contributed by atoms with Crippen molar-refractivity contribution in [3.05, 3.63) is 65.7 Å². The average molecular weight is 258 g/mol. The molecule has 2 rings (SSSR count). The minimum atomic E-state index is -0.149. The molecule has 0 radical (unpaired) electrons. The Labute approximate surface area is 113 Å². The predicted molar refractivity (Wildman–Crippen MR) is 75.2 cm³/mol. The van der Waals surface area contributed by atoms with Gasteiger partial charge in [0.05, 0.1) is 0 Å². The standard InChI is InChI=1S/C16H19FN2/c1-3-16(14-6-4-5-7-15(14)17)19-12(2)13-8-10-18-11-9-13/h4-12,16,19H,3H2,1-2H3/t12-,16?/m1/s1. The maximum atomic E-state index is 13.8. The number of hydrogen-bond acceptors (Lipinski definition) is 2. The van der Waals surface area contributed by atoms with E-state index in [0.29, 0.717) is 0 Å². The van der Waals surface area contributed by atoms with Gasteiger partial charge in [0.25, 0.3) is 0 Å². The van der Waals surface area contributed by atoms with Gasteiger partial charge in [-0.3, -0.25) is 4.98 Å². The molecule has 0 saturated carbocycles. The molecule has 0 aliphatic rings. The Hall–Kier alpha value is -1.74. The first-order valence-corrected chi connectivity index (χ1v) is 6.62. The molecule has 0 fully saturated rings. The molecule has 19 heavy (non-hydrogen) atoms. The molecule has 1 N–H and O–H groups in total. The zero-order chi connectivity index (χ0) is 13.7. The van der Waals surface area contributed by atoms with E-state index in [9.17, 15) is 4.39 Å². The van der Waals surface area contributed by atoms with Gasteiger partial charge in [-0.15, -0.1) is 0 Å². The highest BCUT2D eigenvalue weighted by atomic mass is 19.1. The van der Waals surface area contributed by atoms with E-state index in [2.05, 4.69) is 24.1 Å². The lowest BCUT2D eigenvalue weighted by Crippen LogP contribution is -2.25. The fourth-order valence-corrected chi connectivity index (χ4v) is 2.24. The first-order valence-electron chi connectivity index (χ1n) is 6.62. The number of aromatic nitrogens is 1. The molecule has 100 valence electrons. The summed E-state index contributed by atoms with van der Waals surface area (Å²) in [5.41, 5.74) is 1.88. The molecule has 1 aromatic carbocycles. The van der Waals surface area contributed by atoms with Crippen LogP contribution in [0.3, 0.4) is 0 Å². The number of benzene rings is 1. The molecule has 3 heteroatoms. The molecule has 0 spiro atoms. The van der Waals surface area contributed by atoms with E-state index in [1.165, 1.54) is 6.07 Å². The summed E-state index contributed by atoms with van der Waals surface area (Å²) in [6.45, 7) is 4.14. The monoisotopic (exact) mass is 258 g/mol. The van der Waals surface area contributed by atoms with Gasteiger partial charge < -0.3 is 5.32 Å². The topological polar surface area (TPSA) is 24.9 Å². The molecule has 1 unspecified atom stereocenters. The summed E-state index contributed by atoms with van der Waals surface area (Å²) in [6.07, 6.45) is 4.39. The normalized spacial score (nSPS) is 14.1. The van der Waals surface area contributed by atoms with Crippen molar-refractivity contribution >= 4 is 0 Å². The Bertz CT molecular complexity index is 513. The third kappa shape index (κ3) is 3.38. The predicted octanol–water partition coefficient (Wildman–Crippen LogP) is 4.02. The number of nitrogens with one attached hydrogen (secondary N) is 1. The van der Waals surface area contributed by atoms with Crippen LogP contribution in [0.4, 0.5) is 4.39 Å². The van der Waals surface area contributed by atoms with Crippen molar-refractivity contribution in [1.82, 2.24) is 10.3 Å². The van der Waals surface area contributed by atoms with Gasteiger partial charge in [-0.05, 0) is 37.1 Å². The maximum Gasteiger partial charge on any atom is 0.127 e. The Balaban J connectivity index is 2.14. The Morgan fingerprint density at radius 1 is 1.16 bits per heavy atom. The van der Waals surface area contributed by atoms with Gasteiger partial charge in [-0.2, -0.15) is 0 Å². The second-order valence-electron chi connectivity index (χ2n) is 4.65. The molecule has 1 heterocycles. The summed E-state index contributed by atoms with van der Waals surface area (Å²) in [7, 11) is 0. The lowest BCUT2D eigenvalue weighted by molar-refractivity contribution is 0.439. The number of hydrogen-bond donors (Lipinski definition) is 1. The smallest absolute Gasteiger partial charge is 0.127 e. The molecule has 0 saturated heterocycles. The number of nitrogens with zero attached hydrogens (tertiary/aromatic N) is 1. The van der Waals surface area contributed by atoms with Crippen LogP contribution in [-0.4, -0.2) is 4.98 Å². The van der Waals surface area contributed by atoms with E-state index in [1.807, 2.05) is 24.3 Å². The molecule has 1 aromatic heterocycles. The molecule has 0 aliphatic heterocycles. The minimum absolute atomic E-state index is 0.0179. The van der Waals surface area contributed by atoms with E-state index in [4.69, 9.17) is 0 Å². The van der Waals surface area contributed by atoms with Crippen LogP contribution in [0.25, 0.3) is 0 Å². The molecule has 2 nitrogen and oxygen atoms in total. The summed E-state index contributed by atoms with van der Waals surface area (Å²) in [4.78, 5) is 4.01. The zero-order valence-corrected chi connectivity index (χ0v) is 11.3. The summed E-state index contributed by atoms with van der Waals surface area (Å²) >= 11 is 0. The fourth-order valence-electron chi connectivity index (χ4n) is 2.24. The highest BCUT2D eigenvalue weighted by Crippen LogP contribution is 2.23. The van der Waals surface area contributed by atoms with Crippen molar-refractivity contribution < 1.29 is 4.39 Å². The van der Waals surface area contributed by atoms with Gasteiger partial charge in [-0.25, -0.2) is 4.39 Å². The van der Waals surface area contributed by atoms with Gasteiger partial charge in [-0.1, -0.05) is 25.1 Å². The lowest BCUT2D eigenvalue weighted by Gasteiger charge is -2.23. The highest BCUT2D eigenvalue weighted by Gasteiger charge is 2.16. The van der Waals surface area contributed by atoms with Crippen molar-refractivity contribution in [2.45, 2.75) is 32.4 Å². The molecular weight excluding hydrogens is 239 g/mol. The van der Waals surface area contributed by atoms with Gasteiger partial charge in [0.2, 0.25) is 0 Å². The largest absolute Gasteiger partial charge is 0.303 e. The number of rotatable bonds is 5. The SMILES string of the molecule is CCC(N[C@H](C)c1ccncc1)c1ccccc1F. The minimum Gasteiger partial charge on any atom is -0.303 e. The van der Waals surface area contributed by atoms with Gasteiger partial charge in [0, 0.05) is 30.0 Å². The van der Waals surface area contributed by atoms with Crippen molar-refractivity contribution in [2.75, 3.05) is 0 Å². The number of halogens is 1. The highest BCUT2D eigenvalue weighted by molar-refractivity contribution is 5.22. The summed E-state index contributed by atoms with van der Waals surface area (Å²) < 4.78 is 13.8. The van der Waals surface area contributed by atoms with Crippen LogP contribution in [0.15, 0.2) is 48.8 Å². The molecule has 0 amide bonds. The molecule has 0 aliphatic carbocycles. The van der Waals surface area contributed by atoms with Gasteiger partial charge >= 0.3 is 0 Å². The summed E-state index contributed by atoms with van der Waals surface area (Å²) in [6, 6.07) is 11.1. The molecule has 2 atom stereocenters. The zero-order valence-electron chi connectivity index (χ0n) is 11.3. The van der Waals surface area contributed by atoms with E-state index >= 15 is 0 Å². The van der Waals surface area contributed by atoms with E-state index in [1.54, 1.807) is 18.5 Å². The van der Waals surface area contributed by atoms with E-state index < -0.39 is 0 Å². The van der Waals surface area contributed by atoms with E-state index in [0.717, 1.165) is 17.5 Å². The van der Waals surface area contributed by atoms with Gasteiger partial charge in [0.15, 0.2) is 0 Å². The van der Waals surface area contributed by atoms with Crippen molar-refractivity contribution in [3.8, 4) is 0 Å². The average Bonchev–Trinajstić information content (AvgIpc) is 2.46. The molecule has 0 bridgehead atoms. The van der Waals surface area contributed by atoms with Crippen molar-refractivity contribution in [1.29, 1.82) is 0 Å². The second-order valence-corrected chi connectivity index (χ2v) is 4.65. The fraction of sp³-hybridized carbons (Fsp3) is 0.312. The Morgan fingerprint density at radius 3 is 2.47 bits per heavy atom. The van der Waals surface area contributed by atoms with Crippen LogP contribution in [0.2, 0.25) is 0 Å². The lowest BCUT2D eigenvalue weighted by atomic mass is 10.0. The van der Waals surface area contributed by atoms with Crippen LogP contribution < -0.4 is 5.32 Å². The molecule has 2 aromatic rings. The number of pyridine rings is 1. The van der Waals surface area contributed by atoms with Gasteiger partial charge in [0.1, 0.15) is 5.82 Å². The maximum absolute atomic E-state index is 13.8. The van der Waals surface area contributed by atoms with Crippen molar-refractivity contribution in [2.24, 2.45) is 0 Å². The van der Waals surface area contributed by atoms with Crippen LogP contribution in [0, 0.1) is 5.82 Å². The van der Waals surface area contributed by atoms with Crippen molar-refractivity contribution in [3.63, 3.8) is 0 Å². The van der Waals surface area contributed by atoms with Crippen LogP contribution in [-0.2, 0) is 0 Å². The van der Waals surface area contributed by atoms with Crippen LogP contribution in [0.5, 0.6) is 0 Å². The van der Waals surface area contributed by atoms with E-state index in [-0.39, 0.29) is 17.9 Å². The Kier molecular flexibility index (Phi) is 4.63. The van der Waals surface area contributed by atoms with Crippen LogP contribution in [0.1, 0.15) is 43.5 Å².